The zero-order valence-electron chi connectivity index (χ0n) is 13.6. The van der Waals surface area contributed by atoms with E-state index < -0.39 is 0 Å². The third-order valence-electron chi connectivity index (χ3n) is 3.89. The zero-order chi connectivity index (χ0) is 16.7. The molecule has 0 saturated heterocycles. The van der Waals surface area contributed by atoms with Crippen molar-refractivity contribution in [2.75, 3.05) is 5.32 Å². The van der Waals surface area contributed by atoms with E-state index in [0.717, 1.165) is 38.2 Å². The average molecular weight is 372 g/mol. The molecule has 0 atom stereocenters. The molecule has 2 heterocycles. The second-order valence-electron chi connectivity index (χ2n) is 5.85. The van der Waals surface area contributed by atoms with E-state index in [2.05, 4.69) is 26.2 Å². The molecular formula is C18H18BrN3O. The maximum Gasteiger partial charge on any atom is 0.274 e. The van der Waals surface area contributed by atoms with E-state index in [-0.39, 0.29) is 5.91 Å². The van der Waals surface area contributed by atoms with Crippen molar-refractivity contribution in [3.05, 3.63) is 63.0 Å². The molecule has 0 spiro atoms. The molecule has 1 aromatic carbocycles. The summed E-state index contributed by atoms with van der Waals surface area (Å²) in [4.78, 5) is 17.3. The summed E-state index contributed by atoms with van der Waals surface area (Å²) in [7, 11) is 0. The van der Waals surface area contributed by atoms with Gasteiger partial charge in [-0.15, -0.1) is 0 Å². The van der Waals surface area contributed by atoms with Crippen LogP contribution >= 0.6 is 15.9 Å². The number of imidazole rings is 1. The fourth-order valence-corrected chi connectivity index (χ4v) is 3.51. The van der Waals surface area contributed by atoms with Crippen molar-refractivity contribution < 1.29 is 4.79 Å². The summed E-state index contributed by atoms with van der Waals surface area (Å²) in [6.45, 7) is 7.83. The van der Waals surface area contributed by atoms with Crippen molar-refractivity contribution in [3.63, 3.8) is 0 Å². The molecule has 5 heteroatoms. The molecule has 0 radical (unpaired) electrons. The lowest BCUT2D eigenvalue weighted by molar-refractivity contribution is 0.102. The Morgan fingerprint density at radius 3 is 2.43 bits per heavy atom. The number of aromatic nitrogens is 2. The number of halogens is 1. The van der Waals surface area contributed by atoms with Gasteiger partial charge in [0.1, 0.15) is 11.3 Å². The Morgan fingerprint density at radius 1 is 1.13 bits per heavy atom. The summed E-state index contributed by atoms with van der Waals surface area (Å²) in [5.74, 6) is -0.144. The highest BCUT2D eigenvalue weighted by Gasteiger charge is 2.18. The van der Waals surface area contributed by atoms with Crippen LogP contribution in [0.25, 0.3) is 5.65 Å². The molecule has 0 aliphatic rings. The average Bonchev–Trinajstić information content (AvgIpc) is 2.77. The number of hydrogen-bond donors (Lipinski definition) is 1. The summed E-state index contributed by atoms with van der Waals surface area (Å²) in [6.07, 6.45) is 1.94. The maximum absolute atomic E-state index is 12.8. The number of carbonyl (C=O) groups is 1. The molecule has 4 nitrogen and oxygen atoms in total. The van der Waals surface area contributed by atoms with Crippen LogP contribution in [-0.4, -0.2) is 15.3 Å². The molecule has 0 unspecified atom stereocenters. The summed E-state index contributed by atoms with van der Waals surface area (Å²) < 4.78 is 2.86. The van der Waals surface area contributed by atoms with Crippen molar-refractivity contribution in [3.8, 4) is 0 Å². The van der Waals surface area contributed by atoms with Gasteiger partial charge in [0.2, 0.25) is 0 Å². The van der Waals surface area contributed by atoms with Gasteiger partial charge < -0.3 is 5.32 Å². The number of nitrogens with zero attached hydrogens (tertiary/aromatic N) is 2. The van der Waals surface area contributed by atoms with Crippen LogP contribution in [0.3, 0.4) is 0 Å². The summed E-state index contributed by atoms with van der Waals surface area (Å²) >= 11 is 3.48. The standard InChI is InChI=1S/C18H18BrN3O/c1-10-5-6-15-20-13(4)17(22(15)9-10)18(23)21-16-11(2)7-14(19)8-12(16)3/h5-9H,1-4H3,(H,21,23). The number of fused-ring (bicyclic) bond motifs is 1. The summed E-state index contributed by atoms with van der Waals surface area (Å²) in [5.41, 5.74) is 6.05. The topological polar surface area (TPSA) is 46.4 Å². The van der Waals surface area contributed by atoms with Gasteiger partial charge in [0.25, 0.3) is 5.91 Å². The van der Waals surface area contributed by atoms with Gasteiger partial charge in [-0.2, -0.15) is 0 Å². The molecule has 1 N–H and O–H groups in total. The van der Waals surface area contributed by atoms with Crippen LogP contribution in [0.2, 0.25) is 0 Å². The molecule has 0 bridgehead atoms. The molecule has 0 saturated carbocycles. The molecule has 0 aliphatic carbocycles. The number of amides is 1. The quantitative estimate of drug-likeness (QED) is 0.716. The van der Waals surface area contributed by atoms with Crippen LogP contribution in [0.5, 0.6) is 0 Å². The Hall–Kier alpha value is -2.14. The molecule has 118 valence electrons. The normalized spacial score (nSPS) is 11.0. The predicted octanol–water partition coefficient (Wildman–Crippen LogP) is 4.58. The van der Waals surface area contributed by atoms with Crippen molar-refractivity contribution in [2.24, 2.45) is 0 Å². The highest BCUT2D eigenvalue weighted by atomic mass is 79.9. The van der Waals surface area contributed by atoms with Crippen molar-refractivity contribution in [1.82, 2.24) is 9.38 Å². The highest BCUT2D eigenvalue weighted by Crippen LogP contribution is 2.26. The van der Waals surface area contributed by atoms with Crippen LogP contribution in [0, 0.1) is 27.7 Å². The van der Waals surface area contributed by atoms with Gasteiger partial charge in [0.15, 0.2) is 0 Å². The Morgan fingerprint density at radius 2 is 1.78 bits per heavy atom. The molecule has 2 aromatic heterocycles. The van der Waals surface area contributed by atoms with E-state index >= 15 is 0 Å². The number of pyridine rings is 1. The lowest BCUT2D eigenvalue weighted by atomic mass is 10.1. The van der Waals surface area contributed by atoms with E-state index in [4.69, 9.17) is 0 Å². The molecule has 23 heavy (non-hydrogen) atoms. The Balaban J connectivity index is 2.05. The number of rotatable bonds is 2. The monoisotopic (exact) mass is 371 g/mol. The van der Waals surface area contributed by atoms with Crippen molar-refractivity contribution in [1.29, 1.82) is 0 Å². The van der Waals surface area contributed by atoms with E-state index in [1.165, 1.54) is 0 Å². The van der Waals surface area contributed by atoms with Crippen LogP contribution in [0.1, 0.15) is 32.9 Å². The van der Waals surface area contributed by atoms with Gasteiger partial charge in [-0.1, -0.05) is 22.0 Å². The zero-order valence-corrected chi connectivity index (χ0v) is 15.2. The van der Waals surface area contributed by atoms with Gasteiger partial charge in [-0.25, -0.2) is 4.98 Å². The largest absolute Gasteiger partial charge is 0.320 e. The fraction of sp³-hybridized carbons (Fsp3) is 0.222. The number of aryl methyl sites for hydroxylation is 4. The number of nitrogens with one attached hydrogen (secondary N) is 1. The third kappa shape index (κ3) is 2.88. The molecule has 0 fully saturated rings. The molecular weight excluding hydrogens is 354 g/mol. The second kappa shape index (κ2) is 5.81. The Bertz CT molecular complexity index is 904. The minimum absolute atomic E-state index is 0.144. The van der Waals surface area contributed by atoms with E-state index in [1.807, 2.05) is 62.6 Å². The minimum atomic E-state index is -0.144. The SMILES string of the molecule is Cc1ccc2nc(C)c(C(=O)Nc3c(C)cc(Br)cc3C)n2c1. The molecule has 3 aromatic rings. The number of carbonyl (C=O) groups excluding carboxylic acids is 1. The third-order valence-corrected chi connectivity index (χ3v) is 4.35. The fourth-order valence-electron chi connectivity index (χ4n) is 2.82. The first-order valence-electron chi connectivity index (χ1n) is 7.40. The lowest BCUT2D eigenvalue weighted by Gasteiger charge is -2.12. The first kappa shape index (κ1) is 15.7. The summed E-state index contributed by atoms with van der Waals surface area (Å²) in [6, 6.07) is 7.91. The van der Waals surface area contributed by atoms with Gasteiger partial charge in [0.05, 0.1) is 5.69 Å². The van der Waals surface area contributed by atoms with Crippen LogP contribution < -0.4 is 5.32 Å². The van der Waals surface area contributed by atoms with Gasteiger partial charge in [0, 0.05) is 16.4 Å². The van der Waals surface area contributed by atoms with Crippen LogP contribution in [-0.2, 0) is 0 Å². The highest BCUT2D eigenvalue weighted by molar-refractivity contribution is 9.10. The van der Waals surface area contributed by atoms with Crippen molar-refractivity contribution in [2.45, 2.75) is 27.7 Å². The first-order chi connectivity index (χ1) is 10.9. The second-order valence-corrected chi connectivity index (χ2v) is 6.76. The summed E-state index contributed by atoms with van der Waals surface area (Å²) in [5, 5.41) is 3.04. The molecule has 1 amide bonds. The van der Waals surface area contributed by atoms with E-state index in [0.29, 0.717) is 5.69 Å². The maximum atomic E-state index is 12.8. The van der Waals surface area contributed by atoms with Gasteiger partial charge >= 0.3 is 0 Å². The number of hydrogen-bond acceptors (Lipinski definition) is 2. The van der Waals surface area contributed by atoms with Crippen molar-refractivity contribution >= 4 is 33.2 Å². The van der Waals surface area contributed by atoms with Gasteiger partial charge in [-0.05, 0) is 62.6 Å². The minimum Gasteiger partial charge on any atom is -0.320 e. The molecule has 0 aliphatic heterocycles. The molecule has 3 rings (SSSR count). The first-order valence-corrected chi connectivity index (χ1v) is 8.19. The van der Waals surface area contributed by atoms with Crippen LogP contribution in [0.4, 0.5) is 5.69 Å². The lowest BCUT2D eigenvalue weighted by Crippen LogP contribution is -2.17. The van der Waals surface area contributed by atoms with Crippen LogP contribution in [0.15, 0.2) is 34.9 Å². The van der Waals surface area contributed by atoms with E-state index in [1.54, 1.807) is 0 Å². The predicted molar refractivity (Wildman–Crippen MR) is 96.2 cm³/mol. The number of anilines is 1. The smallest absolute Gasteiger partial charge is 0.274 e. The number of benzene rings is 1. The Kier molecular flexibility index (Phi) is 3.98. The Labute approximate surface area is 143 Å². The van der Waals surface area contributed by atoms with E-state index in [9.17, 15) is 4.79 Å². The van der Waals surface area contributed by atoms with Gasteiger partial charge in [-0.3, -0.25) is 9.20 Å².